The van der Waals surface area contributed by atoms with E-state index in [1.807, 2.05) is 57.6 Å². The van der Waals surface area contributed by atoms with Gasteiger partial charge in [0.15, 0.2) is 0 Å². The van der Waals surface area contributed by atoms with Crippen LogP contribution in [0.5, 0.6) is 5.75 Å². The highest BCUT2D eigenvalue weighted by Crippen LogP contribution is 2.37. The molecule has 0 N–H and O–H groups in total. The minimum absolute atomic E-state index is 0.375. The Morgan fingerprint density at radius 3 is 2.33 bits per heavy atom. The fourth-order valence-electron chi connectivity index (χ4n) is 2.53. The Balaban J connectivity index is 2.09. The zero-order valence-corrected chi connectivity index (χ0v) is 13.4. The lowest BCUT2D eigenvalue weighted by molar-refractivity contribution is 0.00578. The molecule has 1 aromatic carbocycles. The van der Waals surface area contributed by atoms with Gasteiger partial charge in [0.2, 0.25) is 0 Å². The van der Waals surface area contributed by atoms with Crippen molar-refractivity contribution < 1.29 is 14.0 Å². The van der Waals surface area contributed by atoms with Crippen LogP contribution in [0.4, 0.5) is 0 Å². The second-order valence-corrected chi connectivity index (χ2v) is 6.48. The van der Waals surface area contributed by atoms with Crippen molar-refractivity contribution in [3.8, 4) is 5.75 Å². The van der Waals surface area contributed by atoms with Crippen molar-refractivity contribution in [2.75, 3.05) is 7.11 Å². The molecule has 6 heteroatoms. The number of aryl methyl sites for hydroxylation is 1. The first kappa shape index (κ1) is 14.4. The second-order valence-electron chi connectivity index (χ2n) is 6.48. The van der Waals surface area contributed by atoms with E-state index < -0.39 is 7.12 Å². The Bertz CT molecular complexity index is 678. The number of hydrogen-bond acceptors (Lipinski definition) is 4. The molecule has 0 atom stereocenters. The van der Waals surface area contributed by atoms with Crippen molar-refractivity contribution in [3.05, 3.63) is 18.2 Å². The fraction of sp³-hybridized carbons (Fsp3) is 0.533. The molecule has 0 bridgehead atoms. The molecule has 0 unspecified atom stereocenters. The van der Waals surface area contributed by atoms with E-state index in [4.69, 9.17) is 14.0 Å². The molecule has 1 aliphatic heterocycles. The summed E-state index contributed by atoms with van der Waals surface area (Å²) in [6.45, 7) is 8.16. The van der Waals surface area contributed by atoms with Crippen LogP contribution in [0.2, 0.25) is 0 Å². The van der Waals surface area contributed by atoms with E-state index in [0.717, 1.165) is 22.2 Å². The number of nitrogens with zero attached hydrogens (tertiary/aromatic N) is 2. The van der Waals surface area contributed by atoms with Gasteiger partial charge in [-0.3, -0.25) is 4.68 Å². The van der Waals surface area contributed by atoms with Gasteiger partial charge in [-0.15, -0.1) is 0 Å². The first-order chi connectivity index (χ1) is 9.75. The van der Waals surface area contributed by atoms with Gasteiger partial charge < -0.3 is 14.0 Å². The van der Waals surface area contributed by atoms with Crippen molar-refractivity contribution in [1.29, 1.82) is 0 Å². The third-order valence-corrected chi connectivity index (χ3v) is 4.56. The Morgan fingerprint density at radius 1 is 1.14 bits per heavy atom. The molecule has 2 heterocycles. The van der Waals surface area contributed by atoms with Gasteiger partial charge in [-0.1, -0.05) is 0 Å². The predicted molar refractivity (Wildman–Crippen MR) is 83.0 cm³/mol. The molecule has 5 nitrogen and oxygen atoms in total. The Morgan fingerprint density at radius 2 is 1.76 bits per heavy atom. The van der Waals surface area contributed by atoms with Crippen molar-refractivity contribution in [1.82, 2.24) is 9.78 Å². The van der Waals surface area contributed by atoms with Gasteiger partial charge in [0.25, 0.3) is 0 Å². The van der Waals surface area contributed by atoms with Gasteiger partial charge in [0, 0.05) is 12.4 Å². The van der Waals surface area contributed by atoms with Crippen LogP contribution in [-0.2, 0) is 16.4 Å². The molecule has 112 valence electrons. The number of ether oxygens (including phenoxy) is 1. The zero-order chi connectivity index (χ0) is 15.4. The van der Waals surface area contributed by atoms with E-state index in [1.54, 1.807) is 7.11 Å². The second kappa shape index (κ2) is 4.48. The average Bonchev–Trinajstić information content (AvgIpc) is 2.84. The van der Waals surface area contributed by atoms with Crippen molar-refractivity contribution in [3.63, 3.8) is 0 Å². The summed E-state index contributed by atoms with van der Waals surface area (Å²) in [4.78, 5) is 0. The molecule has 2 aromatic rings. The Hall–Kier alpha value is -1.53. The van der Waals surface area contributed by atoms with E-state index in [1.165, 1.54) is 0 Å². The molecule has 0 saturated carbocycles. The van der Waals surface area contributed by atoms with E-state index >= 15 is 0 Å². The quantitative estimate of drug-likeness (QED) is 0.792. The maximum atomic E-state index is 6.11. The summed E-state index contributed by atoms with van der Waals surface area (Å²) < 4.78 is 19.4. The van der Waals surface area contributed by atoms with Crippen LogP contribution in [-0.4, -0.2) is 35.2 Å². The Kier molecular flexibility index (Phi) is 3.08. The lowest BCUT2D eigenvalue weighted by Gasteiger charge is -2.32. The lowest BCUT2D eigenvalue weighted by Crippen LogP contribution is -2.41. The van der Waals surface area contributed by atoms with Crippen molar-refractivity contribution in [2.24, 2.45) is 7.05 Å². The van der Waals surface area contributed by atoms with Gasteiger partial charge in [-0.05, 0) is 45.9 Å². The smallest absolute Gasteiger partial charge is 0.497 e. The molecular formula is C15H21BN2O3. The molecule has 1 fully saturated rings. The molecule has 0 aliphatic carbocycles. The summed E-state index contributed by atoms with van der Waals surface area (Å²) in [6.07, 6.45) is 0. The number of fused-ring (bicyclic) bond motifs is 1. The summed E-state index contributed by atoms with van der Waals surface area (Å²) in [7, 11) is 3.11. The number of hydrogen-bond donors (Lipinski definition) is 0. The highest BCUT2D eigenvalue weighted by atomic mass is 16.7. The normalized spacial score (nSPS) is 20.2. The maximum Gasteiger partial charge on any atom is 0.517 e. The summed E-state index contributed by atoms with van der Waals surface area (Å²) in [5.74, 6) is 0.799. The molecule has 1 aliphatic rings. The topological polar surface area (TPSA) is 45.5 Å². The van der Waals surface area contributed by atoms with E-state index in [2.05, 4.69) is 5.10 Å². The highest BCUT2D eigenvalue weighted by molar-refractivity contribution is 6.64. The number of benzene rings is 1. The molecule has 0 spiro atoms. The standard InChI is InChI=1S/C15H21BN2O3/c1-14(2)15(3,4)21-16(20-14)13-11-9-10(19-6)7-8-12(11)18(5)17-13/h7-9H,1-6H3. The van der Waals surface area contributed by atoms with Crippen LogP contribution < -0.4 is 10.3 Å². The van der Waals surface area contributed by atoms with Gasteiger partial charge >= 0.3 is 7.12 Å². The number of aromatic nitrogens is 2. The SMILES string of the molecule is COc1ccc2c(c1)c(B1OC(C)(C)C(C)(C)O1)nn2C. The number of rotatable bonds is 2. The molecule has 1 saturated heterocycles. The third-order valence-electron chi connectivity index (χ3n) is 4.56. The maximum absolute atomic E-state index is 6.11. The Labute approximate surface area is 125 Å². The predicted octanol–water partition coefficient (Wildman–Crippen LogP) is 1.88. The summed E-state index contributed by atoms with van der Waals surface area (Å²) in [6, 6.07) is 5.90. The highest BCUT2D eigenvalue weighted by Gasteiger charge is 2.53. The van der Waals surface area contributed by atoms with Crippen LogP contribution >= 0.6 is 0 Å². The third kappa shape index (κ3) is 2.13. The van der Waals surface area contributed by atoms with Gasteiger partial charge in [0.05, 0.1) is 23.8 Å². The van der Waals surface area contributed by atoms with Gasteiger partial charge in [-0.25, -0.2) is 0 Å². The minimum atomic E-state index is -0.467. The lowest BCUT2D eigenvalue weighted by atomic mass is 9.82. The summed E-state index contributed by atoms with van der Waals surface area (Å²) in [5.41, 5.74) is 1.08. The number of methoxy groups -OCH3 is 1. The molecular weight excluding hydrogens is 267 g/mol. The zero-order valence-electron chi connectivity index (χ0n) is 13.4. The molecule has 0 amide bonds. The van der Waals surface area contributed by atoms with Crippen molar-refractivity contribution >= 4 is 23.6 Å². The first-order valence-electron chi connectivity index (χ1n) is 7.11. The largest absolute Gasteiger partial charge is 0.517 e. The molecule has 3 rings (SSSR count). The van der Waals surface area contributed by atoms with E-state index in [0.29, 0.717) is 0 Å². The fourth-order valence-corrected chi connectivity index (χ4v) is 2.53. The summed E-state index contributed by atoms with van der Waals surface area (Å²) >= 11 is 0. The van der Waals surface area contributed by atoms with Gasteiger partial charge in [-0.2, -0.15) is 5.10 Å². The molecule has 21 heavy (non-hydrogen) atoms. The monoisotopic (exact) mass is 288 g/mol. The molecule has 1 aromatic heterocycles. The van der Waals surface area contributed by atoms with Crippen LogP contribution in [0, 0.1) is 0 Å². The van der Waals surface area contributed by atoms with E-state index in [9.17, 15) is 0 Å². The van der Waals surface area contributed by atoms with Crippen molar-refractivity contribution in [2.45, 2.75) is 38.9 Å². The van der Waals surface area contributed by atoms with Crippen LogP contribution in [0.25, 0.3) is 10.9 Å². The van der Waals surface area contributed by atoms with Crippen LogP contribution in [0.15, 0.2) is 18.2 Å². The van der Waals surface area contributed by atoms with Gasteiger partial charge in [0.1, 0.15) is 11.3 Å². The average molecular weight is 288 g/mol. The molecule has 0 radical (unpaired) electrons. The van der Waals surface area contributed by atoms with Crippen LogP contribution in [0.3, 0.4) is 0 Å². The minimum Gasteiger partial charge on any atom is -0.497 e. The first-order valence-corrected chi connectivity index (χ1v) is 7.11. The van der Waals surface area contributed by atoms with Crippen LogP contribution in [0.1, 0.15) is 27.7 Å². The summed E-state index contributed by atoms with van der Waals surface area (Å²) in [5, 5.41) is 5.59. The van der Waals surface area contributed by atoms with E-state index in [-0.39, 0.29) is 11.2 Å².